The molecule has 6 nitrogen and oxygen atoms in total. The molecule has 1 aromatic carbocycles. The quantitative estimate of drug-likeness (QED) is 0.417. The molecule has 7 heteroatoms. The average molecular weight is 408 g/mol. The van der Waals surface area contributed by atoms with Crippen LogP contribution in [0.1, 0.15) is 47.1 Å². The first-order valence-corrected chi connectivity index (χ1v) is 12.1. The van der Waals surface area contributed by atoms with Crippen LogP contribution in [0.5, 0.6) is 5.75 Å². The van der Waals surface area contributed by atoms with Crippen molar-refractivity contribution in [3.8, 4) is 5.75 Å². The second kappa shape index (κ2) is 8.81. The number of amides is 1. The summed E-state index contributed by atoms with van der Waals surface area (Å²) in [5.74, 6) is 0.121. The zero-order chi connectivity index (χ0) is 21.8. The summed E-state index contributed by atoms with van der Waals surface area (Å²) >= 11 is 0. The maximum Gasteiger partial charge on any atom is 0.412 e. The summed E-state index contributed by atoms with van der Waals surface area (Å²) in [6.45, 7) is 16.1. The minimum atomic E-state index is -1.93. The third-order valence-corrected chi connectivity index (χ3v) is 8.77. The lowest BCUT2D eigenvalue weighted by atomic mass is 10.2. The fourth-order valence-corrected chi connectivity index (χ4v) is 2.95. The molecule has 0 fully saturated rings. The van der Waals surface area contributed by atoms with Gasteiger partial charge < -0.3 is 13.9 Å². The number of hydrogen-bond acceptors (Lipinski definition) is 5. The Bertz CT molecular complexity index is 725. The molecule has 0 saturated carbocycles. The molecule has 156 valence electrons. The molecule has 0 bridgehead atoms. The number of methoxy groups -OCH3 is 1. The van der Waals surface area contributed by atoms with Crippen LogP contribution in [0.3, 0.4) is 0 Å². The molecule has 0 aliphatic heterocycles. The molecule has 0 spiro atoms. The average Bonchev–Trinajstić information content (AvgIpc) is 2.52. The van der Waals surface area contributed by atoms with Crippen LogP contribution in [-0.2, 0) is 14.3 Å². The highest BCUT2D eigenvalue weighted by molar-refractivity contribution is 6.74. The van der Waals surface area contributed by atoms with Crippen molar-refractivity contribution in [3.05, 3.63) is 35.5 Å². The number of hydrogen-bond donors (Lipinski definition) is 1. The molecule has 0 radical (unpaired) electrons. The molecular weight excluding hydrogens is 374 g/mol. The van der Waals surface area contributed by atoms with E-state index in [0.717, 1.165) is 11.3 Å². The summed E-state index contributed by atoms with van der Waals surface area (Å²) in [6, 6.07) is 7.35. The summed E-state index contributed by atoms with van der Waals surface area (Å²) in [5.41, 5.74) is 0.0440. The van der Waals surface area contributed by atoms with Crippen LogP contribution in [0.2, 0.25) is 18.1 Å². The van der Waals surface area contributed by atoms with E-state index in [-0.39, 0.29) is 10.7 Å². The first-order valence-electron chi connectivity index (χ1n) is 9.24. The van der Waals surface area contributed by atoms with Gasteiger partial charge in [0.05, 0.1) is 7.11 Å². The Labute approximate surface area is 169 Å². The maximum absolute atomic E-state index is 12.0. The largest absolute Gasteiger partial charge is 0.544 e. The minimum Gasteiger partial charge on any atom is -0.544 e. The second-order valence-corrected chi connectivity index (χ2v) is 13.8. The van der Waals surface area contributed by atoms with Crippen molar-refractivity contribution >= 4 is 26.5 Å². The first kappa shape index (κ1) is 23.8. The van der Waals surface area contributed by atoms with E-state index in [9.17, 15) is 9.59 Å². The van der Waals surface area contributed by atoms with E-state index in [4.69, 9.17) is 13.9 Å². The zero-order valence-corrected chi connectivity index (χ0v) is 19.4. The standard InChI is InChI=1S/C21H33NO5Si/c1-20(2,3)26-19(24)22-17(18(23)25-7)14-15-10-12-16(13-11-15)27-28(8,9)21(4,5)6/h10-14H,1-9H3,(H,22,24)/b17-14-. The Balaban J connectivity index is 3.00. The lowest BCUT2D eigenvalue weighted by molar-refractivity contribution is -0.136. The summed E-state index contributed by atoms with van der Waals surface area (Å²) in [5, 5.41) is 2.54. The number of rotatable bonds is 5. The molecule has 0 aliphatic rings. The van der Waals surface area contributed by atoms with Crippen LogP contribution in [0.15, 0.2) is 30.0 Å². The lowest BCUT2D eigenvalue weighted by Gasteiger charge is -2.36. The van der Waals surface area contributed by atoms with E-state index in [1.54, 1.807) is 20.8 Å². The highest BCUT2D eigenvalue weighted by atomic mass is 28.4. The van der Waals surface area contributed by atoms with Gasteiger partial charge >= 0.3 is 12.1 Å². The highest BCUT2D eigenvalue weighted by Gasteiger charge is 2.38. The normalized spacial score (nSPS) is 13.0. The van der Waals surface area contributed by atoms with Gasteiger partial charge in [-0.05, 0) is 62.7 Å². The third kappa shape index (κ3) is 7.38. The molecule has 1 N–H and O–H groups in total. The molecule has 1 rings (SSSR count). The van der Waals surface area contributed by atoms with Crippen molar-refractivity contribution < 1.29 is 23.5 Å². The number of esters is 1. The van der Waals surface area contributed by atoms with Gasteiger partial charge in [-0.15, -0.1) is 0 Å². The summed E-state index contributed by atoms with van der Waals surface area (Å²) in [4.78, 5) is 24.0. The Morgan fingerprint density at radius 2 is 1.54 bits per heavy atom. The number of carbonyl (C=O) groups excluding carboxylic acids is 2. The predicted molar refractivity (Wildman–Crippen MR) is 114 cm³/mol. The predicted octanol–water partition coefficient (Wildman–Crippen LogP) is 5.11. The molecule has 0 aliphatic carbocycles. The fraction of sp³-hybridized carbons (Fsp3) is 0.524. The van der Waals surface area contributed by atoms with Gasteiger partial charge in [-0.2, -0.15) is 0 Å². The number of alkyl carbamates (subject to hydrolysis) is 1. The number of nitrogens with one attached hydrogen (secondary N) is 1. The van der Waals surface area contributed by atoms with Crippen molar-refractivity contribution in [1.29, 1.82) is 0 Å². The van der Waals surface area contributed by atoms with Gasteiger partial charge in [0.1, 0.15) is 17.0 Å². The Hall–Kier alpha value is -2.28. The summed E-state index contributed by atoms with van der Waals surface area (Å²) in [6.07, 6.45) is 0.813. The highest BCUT2D eigenvalue weighted by Crippen LogP contribution is 2.37. The van der Waals surface area contributed by atoms with Gasteiger partial charge in [0.2, 0.25) is 8.32 Å². The molecule has 28 heavy (non-hydrogen) atoms. The molecule has 0 unspecified atom stereocenters. The second-order valence-electron chi connectivity index (χ2n) is 9.11. The topological polar surface area (TPSA) is 73.9 Å². The Kier molecular flexibility index (Phi) is 7.48. The van der Waals surface area contributed by atoms with E-state index in [0.29, 0.717) is 0 Å². The van der Waals surface area contributed by atoms with Crippen LogP contribution in [0, 0.1) is 0 Å². The van der Waals surface area contributed by atoms with Gasteiger partial charge in [0, 0.05) is 0 Å². The zero-order valence-electron chi connectivity index (χ0n) is 18.4. The summed E-state index contributed by atoms with van der Waals surface area (Å²) in [7, 11) is -0.673. The smallest absolute Gasteiger partial charge is 0.412 e. The first-order chi connectivity index (χ1) is 12.6. The van der Waals surface area contributed by atoms with Gasteiger partial charge in [-0.25, -0.2) is 9.59 Å². The molecule has 0 atom stereocenters. The number of carbonyl (C=O) groups is 2. The molecule has 0 heterocycles. The Morgan fingerprint density at radius 1 is 1.00 bits per heavy atom. The Morgan fingerprint density at radius 3 is 1.96 bits per heavy atom. The SMILES string of the molecule is COC(=O)/C(=C/c1ccc(O[Si](C)(C)C(C)(C)C)cc1)NC(=O)OC(C)(C)C. The third-order valence-electron chi connectivity index (χ3n) is 4.41. The van der Waals surface area contributed by atoms with Crippen molar-refractivity contribution in [2.75, 3.05) is 7.11 Å². The van der Waals surface area contributed by atoms with Gasteiger partial charge in [-0.1, -0.05) is 32.9 Å². The minimum absolute atomic E-state index is 0.00480. The molecule has 1 amide bonds. The fourth-order valence-electron chi connectivity index (χ4n) is 1.92. The van der Waals surface area contributed by atoms with Crippen molar-refractivity contribution in [2.24, 2.45) is 0 Å². The number of ether oxygens (including phenoxy) is 2. The van der Waals surface area contributed by atoms with Crippen molar-refractivity contribution in [1.82, 2.24) is 5.32 Å². The molecule has 1 aromatic rings. The summed E-state index contributed by atoms with van der Waals surface area (Å²) < 4.78 is 16.2. The molecular formula is C21H33NO5Si. The van der Waals surface area contributed by atoms with E-state index >= 15 is 0 Å². The van der Waals surface area contributed by atoms with Gasteiger partial charge in [0.15, 0.2) is 0 Å². The molecule has 0 saturated heterocycles. The van der Waals surface area contributed by atoms with Crippen LogP contribution < -0.4 is 9.74 Å². The maximum atomic E-state index is 12.0. The number of benzene rings is 1. The monoisotopic (exact) mass is 407 g/mol. The lowest BCUT2D eigenvalue weighted by Crippen LogP contribution is -2.43. The molecule has 0 aromatic heterocycles. The van der Waals surface area contributed by atoms with Crippen LogP contribution in [0.25, 0.3) is 6.08 Å². The van der Waals surface area contributed by atoms with E-state index in [1.165, 1.54) is 13.2 Å². The van der Waals surface area contributed by atoms with Crippen LogP contribution >= 0.6 is 0 Å². The van der Waals surface area contributed by atoms with Crippen molar-refractivity contribution in [3.63, 3.8) is 0 Å². The van der Waals surface area contributed by atoms with E-state index < -0.39 is 26.0 Å². The van der Waals surface area contributed by atoms with Gasteiger partial charge in [0.25, 0.3) is 0 Å². The van der Waals surface area contributed by atoms with E-state index in [1.807, 2.05) is 24.3 Å². The van der Waals surface area contributed by atoms with Crippen molar-refractivity contribution in [2.45, 2.75) is 65.3 Å². The van der Waals surface area contributed by atoms with Crippen LogP contribution in [-0.4, -0.2) is 33.1 Å². The van der Waals surface area contributed by atoms with E-state index in [2.05, 4.69) is 39.2 Å². The van der Waals surface area contributed by atoms with Gasteiger partial charge in [-0.3, -0.25) is 5.32 Å². The van der Waals surface area contributed by atoms with Crippen LogP contribution in [0.4, 0.5) is 4.79 Å².